The maximum atomic E-state index is 6.68. The lowest BCUT2D eigenvalue weighted by Gasteiger charge is -2.29. The van der Waals surface area contributed by atoms with Crippen LogP contribution in [0, 0.1) is 0 Å². The largest absolute Gasteiger partial charge is 0.466 e. The Hall–Kier alpha value is -6.86. The number of hydrogen-bond donors (Lipinski definition) is 1. The summed E-state index contributed by atoms with van der Waals surface area (Å²) in [4.78, 5) is 21.6. The third-order valence-corrected chi connectivity index (χ3v) is 9.96. The molecule has 1 N–H and O–H groups in total. The van der Waals surface area contributed by atoms with Crippen molar-refractivity contribution >= 4 is 33.5 Å². The van der Waals surface area contributed by atoms with Gasteiger partial charge >= 0.3 is 0 Å². The number of hydrogen-bond acceptors (Lipinski definition) is 7. The number of fused-ring (bicyclic) bond motifs is 4. The molecule has 52 heavy (non-hydrogen) atoms. The SMILES string of the molecule is CN1C=C(c2ccc(-c3nc(-c4ccccc4)nc(-c4ccccc4)n3)cc2)C=C2C3=C(OC21)C(c1ccc2cc4ccccc4cc2c1)N=CN3. The van der Waals surface area contributed by atoms with Gasteiger partial charge in [-0.3, -0.25) is 4.99 Å². The Balaban J connectivity index is 0.970. The Kier molecular flexibility index (Phi) is 7.03. The molecule has 6 aromatic carbocycles. The van der Waals surface area contributed by atoms with E-state index in [1.165, 1.54) is 21.5 Å². The first-order chi connectivity index (χ1) is 25.6. The van der Waals surface area contributed by atoms with E-state index in [-0.39, 0.29) is 12.3 Å². The zero-order valence-corrected chi connectivity index (χ0v) is 28.3. The fourth-order valence-corrected chi connectivity index (χ4v) is 7.32. The van der Waals surface area contributed by atoms with Crippen LogP contribution < -0.4 is 5.32 Å². The van der Waals surface area contributed by atoms with Gasteiger partial charge in [0.2, 0.25) is 0 Å². The molecule has 7 aromatic rings. The first-order valence-electron chi connectivity index (χ1n) is 17.4. The molecule has 7 nitrogen and oxygen atoms in total. The Labute approximate surface area is 301 Å². The highest BCUT2D eigenvalue weighted by Crippen LogP contribution is 2.44. The van der Waals surface area contributed by atoms with Crippen molar-refractivity contribution in [1.82, 2.24) is 25.2 Å². The van der Waals surface area contributed by atoms with Gasteiger partial charge in [-0.05, 0) is 62.5 Å². The van der Waals surface area contributed by atoms with Crippen molar-refractivity contribution in [2.75, 3.05) is 7.05 Å². The molecule has 3 aliphatic rings. The molecule has 0 saturated carbocycles. The van der Waals surface area contributed by atoms with Crippen LogP contribution in [0.3, 0.4) is 0 Å². The van der Waals surface area contributed by atoms with E-state index in [2.05, 4.69) is 108 Å². The zero-order valence-electron chi connectivity index (χ0n) is 28.3. The van der Waals surface area contributed by atoms with Crippen LogP contribution in [-0.2, 0) is 4.74 Å². The minimum absolute atomic E-state index is 0.239. The average Bonchev–Trinajstić information content (AvgIpc) is 3.60. The van der Waals surface area contributed by atoms with Crippen molar-refractivity contribution in [2.45, 2.75) is 12.3 Å². The van der Waals surface area contributed by atoms with Gasteiger partial charge < -0.3 is 15.0 Å². The van der Waals surface area contributed by atoms with E-state index in [0.29, 0.717) is 17.5 Å². The van der Waals surface area contributed by atoms with Crippen LogP contribution in [0.15, 0.2) is 174 Å². The zero-order chi connectivity index (χ0) is 34.6. The number of allylic oxidation sites excluding steroid dienone is 2. The molecule has 0 radical (unpaired) electrons. The normalized spacial score (nSPS) is 17.7. The first-order valence-corrected chi connectivity index (χ1v) is 17.4. The van der Waals surface area contributed by atoms with Gasteiger partial charge in [0.15, 0.2) is 29.5 Å². The van der Waals surface area contributed by atoms with Gasteiger partial charge in [0.05, 0.1) is 12.0 Å². The molecule has 7 heteroatoms. The van der Waals surface area contributed by atoms with Gasteiger partial charge in [0.25, 0.3) is 0 Å². The van der Waals surface area contributed by atoms with E-state index in [0.717, 1.165) is 50.4 Å². The molecule has 2 atom stereocenters. The predicted molar refractivity (Wildman–Crippen MR) is 208 cm³/mol. The van der Waals surface area contributed by atoms with Crippen molar-refractivity contribution in [1.29, 1.82) is 0 Å². The van der Waals surface area contributed by atoms with Gasteiger partial charge in [-0.15, -0.1) is 0 Å². The summed E-state index contributed by atoms with van der Waals surface area (Å²) in [5, 5.41) is 8.29. The monoisotopic (exact) mass is 672 g/mol. The lowest BCUT2D eigenvalue weighted by Crippen LogP contribution is -2.32. The predicted octanol–water partition coefficient (Wildman–Crippen LogP) is 9.33. The van der Waals surface area contributed by atoms with Gasteiger partial charge in [-0.1, -0.05) is 121 Å². The molecule has 0 saturated heterocycles. The maximum Gasteiger partial charge on any atom is 0.200 e. The van der Waals surface area contributed by atoms with Crippen molar-refractivity contribution in [3.63, 3.8) is 0 Å². The Morgan fingerprint density at radius 2 is 1.13 bits per heavy atom. The molecule has 10 rings (SSSR count). The number of nitrogens with zero attached hydrogens (tertiary/aromatic N) is 5. The second-order valence-corrected chi connectivity index (χ2v) is 13.3. The van der Waals surface area contributed by atoms with E-state index in [1.54, 1.807) is 6.34 Å². The molecule has 248 valence electrons. The third kappa shape index (κ3) is 5.22. The van der Waals surface area contributed by atoms with Crippen LogP contribution >= 0.6 is 0 Å². The van der Waals surface area contributed by atoms with Gasteiger partial charge in [0.1, 0.15) is 6.04 Å². The number of nitrogens with one attached hydrogen (secondary N) is 1. The van der Waals surface area contributed by atoms with E-state index in [1.807, 2.05) is 60.7 Å². The van der Waals surface area contributed by atoms with Crippen LogP contribution in [0.2, 0.25) is 0 Å². The van der Waals surface area contributed by atoms with Gasteiger partial charge in [-0.2, -0.15) is 0 Å². The standard InChI is InChI=1S/C45H32N6O/c1-51-26-37(28-16-18-31(19-17-28)44-49-42(29-10-4-2-5-11-29)48-43(50-44)30-12-6-3-7-13-30)25-38-40-41(52-45(38)51)39(46-27-47-40)35-21-20-34-22-32-14-8-9-15-33(32)23-36(34)24-35/h2-27,39,45H,1H3,(H,46,47). The number of benzene rings is 6. The fraction of sp³-hybridized carbons (Fsp3) is 0.0667. The van der Waals surface area contributed by atoms with Gasteiger partial charge in [0, 0.05) is 35.5 Å². The molecule has 1 aromatic heterocycles. The second kappa shape index (κ2) is 12.2. The minimum atomic E-state index is -0.243. The average molecular weight is 673 g/mol. The number of likely N-dealkylation sites (N-methyl/N-ethyl adjacent to an activating group) is 1. The number of ether oxygens (including phenoxy) is 1. The molecule has 2 unspecified atom stereocenters. The molecule has 0 fully saturated rings. The van der Waals surface area contributed by atoms with Crippen LogP contribution in [0.25, 0.3) is 61.3 Å². The van der Waals surface area contributed by atoms with Crippen molar-refractivity contribution < 1.29 is 4.74 Å². The molecule has 4 heterocycles. The smallest absolute Gasteiger partial charge is 0.200 e. The van der Waals surface area contributed by atoms with E-state index in [4.69, 9.17) is 24.7 Å². The molecule has 0 aliphatic carbocycles. The lowest BCUT2D eigenvalue weighted by molar-refractivity contribution is 0.0566. The summed E-state index contributed by atoms with van der Waals surface area (Å²) in [6.07, 6.45) is 5.92. The number of rotatable bonds is 5. The maximum absolute atomic E-state index is 6.68. The lowest BCUT2D eigenvalue weighted by atomic mass is 9.95. The highest BCUT2D eigenvalue weighted by molar-refractivity contribution is 5.98. The van der Waals surface area contributed by atoms with Crippen molar-refractivity contribution in [3.05, 3.63) is 180 Å². The van der Waals surface area contributed by atoms with Crippen LogP contribution in [0.5, 0.6) is 0 Å². The van der Waals surface area contributed by atoms with E-state index >= 15 is 0 Å². The van der Waals surface area contributed by atoms with Crippen LogP contribution in [0.1, 0.15) is 17.2 Å². The Morgan fingerprint density at radius 3 is 1.79 bits per heavy atom. The summed E-state index contributed by atoms with van der Waals surface area (Å²) in [5.41, 5.74) is 8.14. The van der Waals surface area contributed by atoms with E-state index in [9.17, 15) is 0 Å². The topological polar surface area (TPSA) is 75.5 Å². The molecular formula is C45H32N6O. The number of aliphatic imine (C=N–C) groups is 1. The molecule has 3 aliphatic heterocycles. The highest BCUT2D eigenvalue weighted by atomic mass is 16.5. The molecule has 0 spiro atoms. The van der Waals surface area contributed by atoms with E-state index < -0.39 is 0 Å². The van der Waals surface area contributed by atoms with Gasteiger partial charge in [-0.25, -0.2) is 15.0 Å². The quantitative estimate of drug-likeness (QED) is 0.184. The third-order valence-electron chi connectivity index (χ3n) is 9.96. The Morgan fingerprint density at radius 1 is 0.577 bits per heavy atom. The molecule has 0 bridgehead atoms. The van der Waals surface area contributed by atoms with Crippen LogP contribution in [-0.4, -0.2) is 39.5 Å². The second-order valence-electron chi connectivity index (χ2n) is 13.3. The number of aromatic nitrogens is 3. The van der Waals surface area contributed by atoms with Crippen molar-refractivity contribution in [2.24, 2.45) is 4.99 Å². The van der Waals surface area contributed by atoms with Crippen molar-refractivity contribution in [3.8, 4) is 34.2 Å². The fourth-order valence-electron chi connectivity index (χ4n) is 7.32. The summed E-state index contributed by atoms with van der Waals surface area (Å²) in [6, 6.07) is 47.9. The summed E-state index contributed by atoms with van der Waals surface area (Å²) < 4.78 is 6.68. The summed E-state index contributed by atoms with van der Waals surface area (Å²) in [6.45, 7) is 0. The summed E-state index contributed by atoms with van der Waals surface area (Å²) in [5.74, 6) is 2.76. The van der Waals surface area contributed by atoms with Crippen LogP contribution in [0.4, 0.5) is 0 Å². The Bertz CT molecular complexity index is 2590. The minimum Gasteiger partial charge on any atom is -0.466 e. The summed E-state index contributed by atoms with van der Waals surface area (Å²) >= 11 is 0. The molecule has 0 amide bonds. The molecular weight excluding hydrogens is 641 g/mol. The highest BCUT2D eigenvalue weighted by Gasteiger charge is 2.40. The summed E-state index contributed by atoms with van der Waals surface area (Å²) in [7, 11) is 2.06. The first kappa shape index (κ1) is 30.0.